The molecule has 8 heteroatoms. The first-order valence-electron chi connectivity index (χ1n) is 9.15. The van der Waals surface area contributed by atoms with Gasteiger partial charge in [0.15, 0.2) is 0 Å². The van der Waals surface area contributed by atoms with Gasteiger partial charge in [-0.25, -0.2) is 0 Å². The maximum atomic E-state index is 12.7. The molecule has 0 unspecified atom stereocenters. The molecular formula is C20H22N4O4. The van der Waals surface area contributed by atoms with E-state index in [4.69, 9.17) is 0 Å². The molecule has 1 aliphatic rings. The van der Waals surface area contributed by atoms with Gasteiger partial charge in [0.25, 0.3) is 17.5 Å². The van der Waals surface area contributed by atoms with Crippen LogP contribution in [0.1, 0.15) is 40.5 Å². The van der Waals surface area contributed by atoms with Crippen LogP contribution < -0.4 is 15.8 Å². The number of carbonyl (C=O) groups is 2. The number of nitrogens with zero attached hydrogens (tertiary/aromatic N) is 2. The van der Waals surface area contributed by atoms with E-state index >= 15 is 0 Å². The number of nitrogens with one attached hydrogen (secondary N) is 2. The van der Waals surface area contributed by atoms with Crippen molar-refractivity contribution in [2.24, 2.45) is 5.92 Å². The largest absolute Gasteiger partial charge is 0.371 e. The lowest BCUT2D eigenvalue weighted by Crippen LogP contribution is -2.42. The Hall–Kier alpha value is -3.42. The Morgan fingerprint density at radius 2 is 1.68 bits per heavy atom. The first-order chi connectivity index (χ1) is 13.5. The van der Waals surface area contributed by atoms with E-state index in [0.29, 0.717) is 17.2 Å². The third-order valence-electron chi connectivity index (χ3n) is 4.89. The van der Waals surface area contributed by atoms with Crippen molar-refractivity contribution in [3.63, 3.8) is 0 Å². The summed E-state index contributed by atoms with van der Waals surface area (Å²) in [5, 5.41) is 11.1. The summed E-state index contributed by atoms with van der Waals surface area (Å²) in [4.78, 5) is 37.5. The Balaban J connectivity index is 1.79. The smallest absolute Gasteiger partial charge is 0.272 e. The zero-order valence-corrected chi connectivity index (χ0v) is 15.6. The molecule has 8 nitrogen and oxygen atoms in total. The van der Waals surface area contributed by atoms with Crippen molar-refractivity contribution in [2.45, 2.75) is 19.8 Å². The van der Waals surface area contributed by atoms with E-state index in [1.807, 2.05) is 0 Å². The minimum Gasteiger partial charge on any atom is -0.371 e. The van der Waals surface area contributed by atoms with Crippen LogP contribution in [0.2, 0.25) is 0 Å². The van der Waals surface area contributed by atoms with Crippen molar-refractivity contribution in [2.75, 3.05) is 18.0 Å². The minimum atomic E-state index is -0.596. The van der Waals surface area contributed by atoms with Crippen LogP contribution in [0.3, 0.4) is 0 Å². The number of hydrogen-bond donors (Lipinski definition) is 2. The molecule has 2 aromatic carbocycles. The molecule has 3 rings (SSSR count). The summed E-state index contributed by atoms with van der Waals surface area (Å²) >= 11 is 0. The molecule has 28 heavy (non-hydrogen) atoms. The maximum absolute atomic E-state index is 12.7. The SMILES string of the molecule is CC1CCN(c2ccc([N+](=O)[O-])cc2C(=O)NNC(=O)c2ccccc2)CC1. The monoisotopic (exact) mass is 382 g/mol. The van der Waals surface area contributed by atoms with Crippen molar-refractivity contribution < 1.29 is 14.5 Å². The Morgan fingerprint density at radius 1 is 1.04 bits per heavy atom. The van der Waals surface area contributed by atoms with E-state index in [1.165, 1.54) is 12.1 Å². The number of hydrogen-bond acceptors (Lipinski definition) is 5. The number of non-ortho nitro benzene ring substituents is 1. The fourth-order valence-corrected chi connectivity index (χ4v) is 3.19. The van der Waals surface area contributed by atoms with Gasteiger partial charge < -0.3 is 4.90 Å². The van der Waals surface area contributed by atoms with E-state index in [9.17, 15) is 19.7 Å². The second-order valence-corrected chi connectivity index (χ2v) is 6.90. The van der Waals surface area contributed by atoms with Crippen LogP contribution in [-0.4, -0.2) is 29.8 Å². The zero-order chi connectivity index (χ0) is 20.1. The highest BCUT2D eigenvalue weighted by atomic mass is 16.6. The van der Waals surface area contributed by atoms with Crippen LogP contribution in [0.25, 0.3) is 0 Å². The van der Waals surface area contributed by atoms with Crippen molar-refractivity contribution in [3.05, 3.63) is 69.8 Å². The number of carbonyl (C=O) groups excluding carboxylic acids is 2. The van der Waals surface area contributed by atoms with Crippen LogP contribution in [0.4, 0.5) is 11.4 Å². The van der Waals surface area contributed by atoms with Crippen molar-refractivity contribution in [1.82, 2.24) is 10.9 Å². The normalized spacial score (nSPS) is 14.4. The molecule has 0 aromatic heterocycles. The van der Waals surface area contributed by atoms with Gasteiger partial charge in [-0.1, -0.05) is 25.1 Å². The third-order valence-corrected chi connectivity index (χ3v) is 4.89. The number of rotatable bonds is 4. The van der Waals surface area contributed by atoms with E-state index in [2.05, 4.69) is 22.7 Å². The number of hydrazine groups is 1. The Bertz CT molecular complexity index is 877. The van der Waals surface area contributed by atoms with Crippen molar-refractivity contribution in [3.8, 4) is 0 Å². The van der Waals surface area contributed by atoms with E-state index < -0.39 is 16.7 Å². The summed E-state index contributed by atoms with van der Waals surface area (Å²) in [6, 6.07) is 12.7. The molecule has 0 aliphatic carbocycles. The lowest BCUT2D eigenvalue weighted by molar-refractivity contribution is -0.384. The van der Waals surface area contributed by atoms with Crippen LogP contribution >= 0.6 is 0 Å². The quantitative estimate of drug-likeness (QED) is 0.625. The summed E-state index contributed by atoms with van der Waals surface area (Å²) in [6.45, 7) is 3.73. The minimum absolute atomic E-state index is 0.164. The lowest BCUT2D eigenvalue weighted by Gasteiger charge is -2.33. The molecule has 0 spiro atoms. The molecule has 2 amide bonds. The van der Waals surface area contributed by atoms with E-state index in [1.54, 1.807) is 36.4 Å². The summed E-state index contributed by atoms with van der Waals surface area (Å²) < 4.78 is 0. The predicted molar refractivity (Wildman–Crippen MR) is 105 cm³/mol. The second kappa shape index (κ2) is 8.51. The van der Waals surface area contributed by atoms with Gasteiger partial charge in [0.1, 0.15) is 0 Å². The molecular weight excluding hydrogens is 360 g/mol. The summed E-state index contributed by atoms with van der Waals surface area (Å²) in [7, 11) is 0. The summed E-state index contributed by atoms with van der Waals surface area (Å²) in [5.41, 5.74) is 5.74. The predicted octanol–water partition coefficient (Wildman–Crippen LogP) is 2.91. The molecule has 2 N–H and O–H groups in total. The maximum Gasteiger partial charge on any atom is 0.272 e. The van der Waals surface area contributed by atoms with Gasteiger partial charge in [0.2, 0.25) is 0 Å². The number of nitro benzene ring substituents is 1. The molecule has 1 fully saturated rings. The Labute approximate surface area is 162 Å². The molecule has 0 atom stereocenters. The lowest BCUT2D eigenvalue weighted by atomic mass is 9.98. The second-order valence-electron chi connectivity index (χ2n) is 6.90. The van der Waals surface area contributed by atoms with Gasteiger partial charge in [-0.05, 0) is 37.0 Å². The molecule has 0 bridgehead atoms. The average molecular weight is 382 g/mol. The highest BCUT2D eigenvalue weighted by Crippen LogP contribution is 2.29. The Kier molecular flexibility index (Phi) is 5.88. The topological polar surface area (TPSA) is 105 Å². The molecule has 0 saturated carbocycles. The first-order valence-corrected chi connectivity index (χ1v) is 9.15. The Morgan fingerprint density at radius 3 is 2.32 bits per heavy atom. The fourth-order valence-electron chi connectivity index (χ4n) is 3.19. The number of nitro groups is 1. The van der Waals surface area contributed by atoms with E-state index in [0.717, 1.165) is 25.9 Å². The van der Waals surface area contributed by atoms with Gasteiger partial charge in [-0.15, -0.1) is 0 Å². The van der Waals surface area contributed by atoms with Crippen LogP contribution in [0.5, 0.6) is 0 Å². The number of amides is 2. The van der Waals surface area contributed by atoms with Gasteiger partial charge >= 0.3 is 0 Å². The van der Waals surface area contributed by atoms with Gasteiger partial charge in [0.05, 0.1) is 16.2 Å². The number of piperidine rings is 1. The van der Waals surface area contributed by atoms with Crippen molar-refractivity contribution in [1.29, 1.82) is 0 Å². The number of anilines is 1. The molecule has 146 valence electrons. The number of benzene rings is 2. The van der Waals surface area contributed by atoms with Gasteiger partial charge in [0, 0.05) is 30.8 Å². The average Bonchev–Trinajstić information content (AvgIpc) is 2.72. The first kappa shape index (κ1) is 19.3. The summed E-state index contributed by atoms with van der Waals surface area (Å²) in [5.74, 6) is -0.453. The fraction of sp³-hybridized carbons (Fsp3) is 0.300. The molecule has 1 heterocycles. The third kappa shape index (κ3) is 4.46. The highest BCUT2D eigenvalue weighted by molar-refractivity contribution is 6.02. The zero-order valence-electron chi connectivity index (χ0n) is 15.6. The standard InChI is InChI=1S/C20H22N4O4/c1-14-9-11-23(12-10-14)18-8-7-16(24(27)28)13-17(18)20(26)22-21-19(25)15-5-3-2-4-6-15/h2-8,13-14H,9-12H2,1H3,(H,21,25)(H,22,26). The molecule has 1 saturated heterocycles. The molecule has 2 aromatic rings. The van der Waals surface area contributed by atoms with Crippen molar-refractivity contribution >= 4 is 23.2 Å². The van der Waals surface area contributed by atoms with Crippen LogP contribution in [0.15, 0.2) is 48.5 Å². The summed E-state index contributed by atoms with van der Waals surface area (Å²) in [6.07, 6.45) is 1.98. The van der Waals surface area contributed by atoms with Gasteiger partial charge in [-0.3, -0.25) is 30.6 Å². The molecule has 1 aliphatic heterocycles. The van der Waals surface area contributed by atoms with E-state index in [-0.39, 0.29) is 11.3 Å². The van der Waals surface area contributed by atoms with Gasteiger partial charge in [-0.2, -0.15) is 0 Å². The van der Waals surface area contributed by atoms with Crippen LogP contribution in [0, 0.1) is 16.0 Å². The van der Waals surface area contributed by atoms with Crippen LogP contribution in [-0.2, 0) is 0 Å². The highest BCUT2D eigenvalue weighted by Gasteiger charge is 2.23. The molecule has 0 radical (unpaired) electrons.